The summed E-state index contributed by atoms with van der Waals surface area (Å²) in [6.45, 7) is 3.13. The third-order valence-electron chi connectivity index (χ3n) is 2.87. The van der Waals surface area contributed by atoms with Crippen LogP contribution in [0.25, 0.3) is 6.08 Å². The summed E-state index contributed by atoms with van der Waals surface area (Å²) in [5.41, 5.74) is 2.39. The van der Waals surface area contributed by atoms with Crippen molar-refractivity contribution in [3.05, 3.63) is 47.1 Å². The van der Waals surface area contributed by atoms with E-state index in [1.165, 1.54) is 20.1 Å². The summed E-state index contributed by atoms with van der Waals surface area (Å²) in [6.07, 6.45) is 5.31. The number of allylic oxidation sites excluding steroid dienone is 1. The average Bonchev–Trinajstić information content (AvgIpc) is 2.51. The molecule has 22 heavy (non-hydrogen) atoms. The summed E-state index contributed by atoms with van der Waals surface area (Å²) < 4.78 is 9.71. The molecule has 0 heterocycles. The molecule has 5 nitrogen and oxygen atoms in total. The van der Waals surface area contributed by atoms with Crippen LogP contribution in [0.3, 0.4) is 0 Å². The molecule has 0 atom stereocenters. The highest BCUT2D eigenvalue weighted by molar-refractivity contribution is 5.87. The topological polar surface area (TPSA) is 72.8 Å². The van der Waals surface area contributed by atoms with E-state index in [1.54, 1.807) is 18.2 Å². The molecule has 118 valence electrons. The fourth-order valence-electron chi connectivity index (χ4n) is 1.70. The van der Waals surface area contributed by atoms with Gasteiger partial charge in [0, 0.05) is 13.0 Å². The maximum absolute atomic E-state index is 11.1. The van der Waals surface area contributed by atoms with E-state index in [4.69, 9.17) is 9.84 Å². The summed E-state index contributed by atoms with van der Waals surface area (Å²) in [7, 11) is 1.31. The number of esters is 2. The third-order valence-corrected chi connectivity index (χ3v) is 2.87. The molecule has 0 saturated heterocycles. The van der Waals surface area contributed by atoms with Gasteiger partial charge in [0.2, 0.25) is 0 Å². The van der Waals surface area contributed by atoms with Crippen LogP contribution >= 0.6 is 0 Å². The van der Waals surface area contributed by atoms with E-state index in [-0.39, 0.29) is 6.61 Å². The standard InChI is InChI=1S/C17H20O5/c1-12(11-18)4-7-15-10-14(6-9-17(20)21-3)5-8-16(15)22-13(2)19/h4-6,8-10,18H,7,11H2,1-3H3. The van der Waals surface area contributed by atoms with Gasteiger partial charge in [0.05, 0.1) is 13.7 Å². The first kappa shape index (κ1) is 17.7. The van der Waals surface area contributed by atoms with Crippen LogP contribution in [0.5, 0.6) is 5.75 Å². The minimum atomic E-state index is -0.443. The Morgan fingerprint density at radius 2 is 2.00 bits per heavy atom. The molecule has 0 aliphatic rings. The van der Waals surface area contributed by atoms with Gasteiger partial charge in [-0.25, -0.2) is 4.79 Å². The first-order chi connectivity index (χ1) is 10.5. The molecule has 0 radical (unpaired) electrons. The van der Waals surface area contributed by atoms with E-state index >= 15 is 0 Å². The van der Waals surface area contributed by atoms with Crippen molar-refractivity contribution in [2.45, 2.75) is 20.3 Å². The lowest BCUT2D eigenvalue weighted by Crippen LogP contribution is -2.04. The van der Waals surface area contributed by atoms with Crippen LogP contribution in [0, 0.1) is 0 Å². The molecular formula is C17H20O5. The van der Waals surface area contributed by atoms with Gasteiger partial charge in [0.15, 0.2) is 0 Å². The van der Waals surface area contributed by atoms with E-state index < -0.39 is 11.9 Å². The van der Waals surface area contributed by atoms with Crippen molar-refractivity contribution in [3.8, 4) is 5.75 Å². The van der Waals surface area contributed by atoms with E-state index in [0.29, 0.717) is 12.2 Å². The number of hydrogen-bond donors (Lipinski definition) is 1. The fraction of sp³-hybridized carbons (Fsp3) is 0.294. The van der Waals surface area contributed by atoms with Gasteiger partial charge >= 0.3 is 11.9 Å². The number of benzene rings is 1. The molecule has 0 fully saturated rings. The number of hydrogen-bond acceptors (Lipinski definition) is 5. The number of ether oxygens (including phenoxy) is 2. The number of methoxy groups -OCH3 is 1. The molecule has 0 aliphatic heterocycles. The molecule has 0 saturated carbocycles. The number of aliphatic hydroxyl groups is 1. The maximum Gasteiger partial charge on any atom is 0.330 e. The maximum atomic E-state index is 11.1. The van der Waals surface area contributed by atoms with Crippen molar-refractivity contribution in [1.29, 1.82) is 0 Å². The lowest BCUT2D eigenvalue weighted by molar-refractivity contribution is -0.135. The predicted octanol–water partition coefficient (Wildman–Crippen LogP) is 2.28. The Balaban J connectivity index is 3.07. The molecule has 5 heteroatoms. The number of rotatable bonds is 6. The van der Waals surface area contributed by atoms with Gasteiger partial charge in [-0.2, -0.15) is 0 Å². The summed E-state index contributed by atoms with van der Waals surface area (Å²) in [4.78, 5) is 22.3. The van der Waals surface area contributed by atoms with Gasteiger partial charge < -0.3 is 14.6 Å². The van der Waals surface area contributed by atoms with Crippen molar-refractivity contribution < 1.29 is 24.2 Å². The van der Waals surface area contributed by atoms with Crippen LogP contribution in [0.15, 0.2) is 35.9 Å². The lowest BCUT2D eigenvalue weighted by Gasteiger charge is -2.09. The monoisotopic (exact) mass is 304 g/mol. The Kier molecular flexibility index (Phi) is 7.05. The zero-order valence-corrected chi connectivity index (χ0v) is 13.0. The first-order valence-corrected chi connectivity index (χ1v) is 6.80. The molecule has 0 spiro atoms. The van der Waals surface area contributed by atoms with Crippen molar-refractivity contribution >= 4 is 18.0 Å². The third kappa shape index (κ3) is 5.93. The first-order valence-electron chi connectivity index (χ1n) is 6.80. The van der Waals surface area contributed by atoms with E-state index in [9.17, 15) is 9.59 Å². The molecule has 1 aromatic carbocycles. The van der Waals surface area contributed by atoms with Gasteiger partial charge in [0.25, 0.3) is 0 Å². The largest absolute Gasteiger partial charge is 0.466 e. The molecule has 0 unspecified atom stereocenters. The van der Waals surface area contributed by atoms with Gasteiger partial charge in [-0.3, -0.25) is 4.79 Å². The molecule has 0 amide bonds. The Morgan fingerprint density at radius 1 is 1.27 bits per heavy atom. The highest BCUT2D eigenvalue weighted by Crippen LogP contribution is 2.22. The van der Waals surface area contributed by atoms with Crippen LogP contribution in [0.2, 0.25) is 0 Å². The normalized spacial score (nSPS) is 11.5. The van der Waals surface area contributed by atoms with Crippen molar-refractivity contribution in [2.24, 2.45) is 0 Å². The molecule has 0 aromatic heterocycles. The Morgan fingerprint density at radius 3 is 2.59 bits per heavy atom. The van der Waals surface area contributed by atoms with Gasteiger partial charge in [-0.1, -0.05) is 17.7 Å². The van der Waals surface area contributed by atoms with Crippen molar-refractivity contribution in [2.75, 3.05) is 13.7 Å². The summed E-state index contributed by atoms with van der Waals surface area (Å²) in [5, 5.41) is 9.04. The van der Waals surface area contributed by atoms with Crippen LogP contribution in [0.1, 0.15) is 25.0 Å². The lowest BCUT2D eigenvalue weighted by atomic mass is 10.0. The highest BCUT2D eigenvalue weighted by Gasteiger charge is 2.06. The van der Waals surface area contributed by atoms with Crippen molar-refractivity contribution in [3.63, 3.8) is 0 Å². The van der Waals surface area contributed by atoms with Crippen LogP contribution in [-0.4, -0.2) is 30.8 Å². The minimum Gasteiger partial charge on any atom is -0.466 e. The molecule has 1 N–H and O–H groups in total. The second-order valence-electron chi connectivity index (χ2n) is 4.73. The second-order valence-corrected chi connectivity index (χ2v) is 4.73. The average molecular weight is 304 g/mol. The van der Waals surface area contributed by atoms with Crippen LogP contribution in [0.4, 0.5) is 0 Å². The molecular weight excluding hydrogens is 284 g/mol. The number of carbonyl (C=O) groups is 2. The summed E-state index contributed by atoms with van der Waals surface area (Å²) >= 11 is 0. The van der Waals surface area contributed by atoms with Crippen LogP contribution < -0.4 is 4.74 Å². The van der Waals surface area contributed by atoms with Gasteiger partial charge in [0.1, 0.15) is 5.75 Å². The summed E-state index contributed by atoms with van der Waals surface area (Å²) in [5.74, 6) is -0.381. The Bertz CT molecular complexity index is 599. The highest BCUT2D eigenvalue weighted by atomic mass is 16.5. The fourth-order valence-corrected chi connectivity index (χ4v) is 1.70. The Labute approximate surface area is 129 Å². The SMILES string of the molecule is COC(=O)C=Cc1ccc(OC(C)=O)c(CC=C(C)CO)c1. The predicted molar refractivity (Wildman–Crippen MR) is 83.3 cm³/mol. The summed E-state index contributed by atoms with van der Waals surface area (Å²) in [6, 6.07) is 5.23. The quantitative estimate of drug-likeness (QED) is 0.378. The van der Waals surface area contributed by atoms with Gasteiger partial charge in [-0.15, -0.1) is 0 Å². The van der Waals surface area contributed by atoms with Crippen LogP contribution in [-0.2, 0) is 20.7 Å². The number of aliphatic hydroxyl groups excluding tert-OH is 1. The molecule has 1 rings (SSSR count). The zero-order valence-electron chi connectivity index (χ0n) is 13.0. The molecule has 0 aliphatic carbocycles. The van der Waals surface area contributed by atoms with E-state index in [1.807, 2.05) is 19.1 Å². The van der Waals surface area contributed by atoms with E-state index in [0.717, 1.165) is 16.7 Å². The van der Waals surface area contributed by atoms with Gasteiger partial charge in [-0.05, 0) is 42.7 Å². The molecule has 1 aromatic rings. The smallest absolute Gasteiger partial charge is 0.330 e. The van der Waals surface area contributed by atoms with E-state index in [2.05, 4.69) is 4.74 Å². The Hall–Kier alpha value is -2.40. The number of carbonyl (C=O) groups excluding carboxylic acids is 2. The van der Waals surface area contributed by atoms with Crippen molar-refractivity contribution in [1.82, 2.24) is 0 Å². The second kappa shape index (κ2) is 8.79. The minimum absolute atomic E-state index is 0.0230. The zero-order chi connectivity index (χ0) is 16.5. The molecule has 0 bridgehead atoms.